The second-order valence-corrected chi connectivity index (χ2v) is 6.92. The number of pyridine rings is 1. The number of anilines is 1. The predicted molar refractivity (Wildman–Crippen MR) is 95.5 cm³/mol. The number of ether oxygens (including phenoxy) is 1. The average molecular weight is 338 g/mol. The van der Waals surface area contributed by atoms with E-state index in [4.69, 9.17) is 9.72 Å². The van der Waals surface area contributed by atoms with Crippen molar-refractivity contribution in [1.29, 1.82) is 0 Å². The summed E-state index contributed by atoms with van der Waals surface area (Å²) in [5.74, 6) is 0.668. The molecule has 1 aliphatic heterocycles. The van der Waals surface area contributed by atoms with Crippen molar-refractivity contribution in [1.82, 2.24) is 14.8 Å². The van der Waals surface area contributed by atoms with E-state index < -0.39 is 0 Å². The summed E-state index contributed by atoms with van der Waals surface area (Å²) in [5.41, 5.74) is 2.95. The second-order valence-electron chi connectivity index (χ2n) is 6.92. The molecule has 0 radical (unpaired) electrons. The highest BCUT2D eigenvalue weighted by Crippen LogP contribution is 2.53. The van der Waals surface area contributed by atoms with Crippen LogP contribution >= 0.6 is 0 Å². The van der Waals surface area contributed by atoms with Gasteiger partial charge in [-0.3, -0.25) is 4.68 Å². The highest BCUT2D eigenvalue weighted by Gasteiger charge is 2.52. The van der Waals surface area contributed by atoms with Crippen molar-refractivity contribution < 1.29 is 9.53 Å². The van der Waals surface area contributed by atoms with Crippen molar-refractivity contribution in [2.45, 2.75) is 26.3 Å². The van der Waals surface area contributed by atoms with Gasteiger partial charge >= 0.3 is 5.97 Å². The Balaban J connectivity index is 1.48. The summed E-state index contributed by atoms with van der Waals surface area (Å²) >= 11 is 0. The fourth-order valence-corrected chi connectivity index (χ4v) is 3.34. The maximum Gasteiger partial charge on any atom is 0.341 e. The Morgan fingerprint density at radius 2 is 2.20 bits per heavy atom. The zero-order chi connectivity index (χ0) is 17.4. The van der Waals surface area contributed by atoms with Crippen LogP contribution in [0.15, 0.2) is 31.1 Å². The monoisotopic (exact) mass is 338 g/mol. The number of carbonyl (C=O) groups is 1. The maximum absolute atomic E-state index is 11.7. The summed E-state index contributed by atoms with van der Waals surface area (Å²) in [6.07, 6.45) is 7.73. The van der Waals surface area contributed by atoms with Crippen LogP contribution in [-0.4, -0.2) is 40.4 Å². The van der Waals surface area contributed by atoms with E-state index in [1.807, 2.05) is 0 Å². The van der Waals surface area contributed by atoms with E-state index in [2.05, 4.69) is 28.7 Å². The Labute approximate surface area is 147 Å². The molecule has 1 saturated carbocycles. The number of hydrogen-bond acceptors (Lipinski definition) is 5. The molecular formula is C19H22N4O2. The van der Waals surface area contributed by atoms with Gasteiger partial charge in [0, 0.05) is 24.7 Å². The molecule has 0 unspecified atom stereocenters. The third-order valence-corrected chi connectivity index (χ3v) is 5.00. The molecule has 0 N–H and O–H groups in total. The van der Waals surface area contributed by atoms with E-state index in [0.29, 0.717) is 24.1 Å². The van der Waals surface area contributed by atoms with Gasteiger partial charge in [-0.25, -0.2) is 9.78 Å². The van der Waals surface area contributed by atoms with Gasteiger partial charge in [0.15, 0.2) is 0 Å². The van der Waals surface area contributed by atoms with Gasteiger partial charge in [-0.1, -0.05) is 12.6 Å². The van der Waals surface area contributed by atoms with Crippen molar-refractivity contribution in [3.63, 3.8) is 0 Å². The minimum Gasteiger partial charge on any atom is -0.462 e. The highest BCUT2D eigenvalue weighted by molar-refractivity contribution is 5.88. The molecule has 0 amide bonds. The van der Waals surface area contributed by atoms with Gasteiger partial charge in [-0.05, 0) is 37.5 Å². The lowest BCUT2D eigenvalue weighted by molar-refractivity contribution is 0.0526. The van der Waals surface area contributed by atoms with E-state index in [1.54, 1.807) is 23.9 Å². The highest BCUT2D eigenvalue weighted by atomic mass is 16.5. The summed E-state index contributed by atoms with van der Waals surface area (Å²) in [5, 5.41) is 4.25. The first-order valence-electron chi connectivity index (χ1n) is 8.69. The molecule has 1 saturated heterocycles. The number of hydrogen-bond donors (Lipinski definition) is 0. The van der Waals surface area contributed by atoms with Crippen LogP contribution < -0.4 is 4.90 Å². The quantitative estimate of drug-likeness (QED) is 0.758. The maximum atomic E-state index is 11.7. The standard InChI is InChI=1S/C19H22N4O2/c1-3-16-14(10-23-11-15(9-20-23)18(24)25-4-2)5-6-17(21-16)22-12-19(13-22)7-8-19/h3,5-6,9,11H,1,4,7-8,10,12-13H2,2H3. The van der Waals surface area contributed by atoms with E-state index in [1.165, 1.54) is 19.0 Å². The third kappa shape index (κ3) is 3.04. The summed E-state index contributed by atoms with van der Waals surface area (Å²) in [6, 6.07) is 4.14. The van der Waals surface area contributed by atoms with Crippen molar-refractivity contribution in [3.05, 3.63) is 47.9 Å². The Kier molecular flexibility index (Phi) is 3.82. The molecule has 2 aromatic heterocycles. The molecule has 6 heteroatoms. The molecule has 0 bridgehead atoms. The van der Waals surface area contributed by atoms with Crippen LogP contribution in [0.1, 0.15) is 41.4 Å². The Morgan fingerprint density at radius 1 is 1.40 bits per heavy atom. The lowest BCUT2D eigenvalue weighted by Crippen LogP contribution is -2.48. The predicted octanol–water partition coefficient (Wildman–Crippen LogP) is 2.75. The van der Waals surface area contributed by atoms with Crippen LogP contribution in [0, 0.1) is 5.41 Å². The lowest BCUT2D eigenvalue weighted by atomic mass is 9.97. The summed E-state index contributed by atoms with van der Waals surface area (Å²) in [7, 11) is 0. The van der Waals surface area contributed by atoms with Crippen LogP contribution in [0.5, 0.6) is 0 Å². The molecule has 2 aliphatic rings. The van der Waals surface area contributed by atoms with Gasteiger partial charge in [0.05, 0.1) is 30.6 Å². The van der Waals surface area contributed by atoms with Gasteiger partial charge in [0.2, 0.25) is 0 Å². The third-order valence-electron chi connectivity index (χ3n) is 5.00. The van der Waals surface area contributed by atoms with Crippen LogP contribution in [-0.2, 0) is 11.3 Å². The Morgan fingerprint density at radius 3 is 2.88 bits per heavy atom. The molecule has 130 valence electrons. The average Bonchev–Trinajstić information content (AvgIpc) is 3.26. The van der Waals surface area contributed by atoms with E-state index in [-0.39, 0.29) is 5.97 Å². The molecule has 3 heterocycles. The fourth-order valence-electron chi connectivity index (χ4n) is 3.34. The normalized spacial score (nSPS) is 17.2. The molecule has 6 nitrogen and oxygen atoms in total. The van der Waals surface area contributed by atoms with Crippen LogP contribution in [0.4, 0.5) is 5.82 Å². The van der Waals surface area contributed by atoms with Crippen molar-refractivity contribution >= 4 is 17.9 Å². The van der Waals surface area contributed by atoms with Gasteiger partial charge in [0.25, 0.3) is 0 Å². The van der Waals surface area contributed by atoms with Crippen molar-refractivity contribution in [2.75, 3.05) is 24.6 Å². The van der Waals surface area contributed by atoms with E-state index in [9.17, 15) is 4.79 Å². The van der Waals surface area contributed by atoms with Gasteiger partial charge in [-0.2, -0.15) is 5.10 Å². The van der Waals surface area contributed by atoms with E-state index >= 15 is 0 Å². The molecule has 2 aromatic rings. The van der Waals surface area contributed by atoms with Gasteiger partial charge in [-0.15, -0.1) is 0 Å². The number of carbonyl (C=O) groups excluding carboxylic acids is 1. The molecule has 0 atom stereocenters. The van der Waals surface area contributed by atoms with Crippen LogP contribution in [0.25, 0.3) is 6.08 Å². The minimum atomic E-state index is -0.349. The SMILES string of the molecule is C=Cc1nc(N2CC3(CC3)C2)ccc1Cn1cc(C(=O)OCC)cn1. The molecule has 1 spiro atoms. The van der Waals surface area contributed by atoms with Crippen molar-refractivity contribution in [2.24, 2.45) is 5.41 Å². The minimum absolute atomic E-state index is 0.349. The summed E-state index contributed by atoms with van der Waals surface area (Å²) in [4.78, 5) is 18.8. The molecule has 25 heavy (non-hydrogen) atoms. The first-order chi connectivity index (χ1) is 12.1. The Bertz CT molecular complexity index is 815. The van der Waals surface area contributed by atoms with Crippen LogP contribution in [0.2, 0.25) is 0 Å². The van der Waals surface area contributed by atoms with Crippen molar-refractivity contribution in [3.8, 4) is 0 Å². The van der Waals surface area contributed by atoms with Gasteiger partial charge in [0.1, 0.15) is 5.82 Å². The molecule has 2 fully saturated rings. The first kappa shape index (κ1) is 15.9. The second kappa shape index (κ2) is 6.02. The molecular weight excluding hydrogens is 316 g/mol. The zero-order valence-electron chi connectivity index (χ0n) is 14.4. The smallest absolute Gasteiger partial charge is 0.341 e. The van der Waals surface area contributed by atoms with E-state index in [0.717, 1.165) is 30.2 Å². The van der Waals surface area contributed by atoms with Crippen LogP contribution in [0.3, 0.4) is 0 Å². The number of esters is 1. The molecule has 1 aliphatic carbocycles. The lowest BCUT2D eigenvalue weighted by Gasteiger charge is -2.41. The zero-order valence-corrected chi connectivity index (χ0v) is 14.4. The number of aromatic nitrogens is 3. The van der Waals surface area contributed by atoms with Gasteiger partial charge < -0.3 is 9.64 Å². The summed E-state index contributed by atoms with van der Waals surface area (Å²) < 4.78 is 6.71. The molecule has 4 rings (SSSR count). The Hall–Kier alpha value is -2.63. The topological polar surface area (TPSA) is 60.2 Å². The summed E-state index contributed by atoms with van der Waals surface area (Å²) in [6.45, 7) is 8.82. The number of rotatable bonds is 6. The molecule has 0 aromatic carbocycles. The largest absolute Gasteiger partial charge is 0.462 e. The fraction of sp³-hybridized carbons (Fsp3) is 0.421. The first-order valence-corrected chi connectivity index (χ1v) is 8.69. The number of nitrogens with zero attached hydrogens (tertiary/aromatic N) is 4.